The van der Waals surface area contributed by atoms with Gasteiger partial charge in [-0.15, -0.1) is 0 Å². The second-order valence-electron chi connectivity index (χ2n) is 4.33. The fourth-order valence-electron chi connectivity index (χ4n) is 1.68. The van der Waals surface area contributed by atoms with Gasteiger partial charge in [-0.1, -0.05) is 0 Å². The maximum Gasteiger partial charge on any atom is 0.301 e. The van der Waals surface area contributed by atoms with Crippen LogP contribution in [0.5, 0.6) is 11.5 Å². The van der Waals surface area contributed by atoms with Crippen LogP contribution < -0.4 is 5.43 Å². The summed E-state index contributed by atoms with van der Waals surface area (Å²) >= 11 is 0. The minimum absolute atomic E-state index is 0.0279. The third kappa shape index (κ3) is 3.69. The Hall–Kier alpha value is -3.69. The molecule has 118 valence electrons. The van der Waals surface area contributed by atoms with Crippen LogP contribution in [0.15, 0.2) is 41.5 Å². The number of hydrogen-bond donors (Lipinski definition) is 3. The zero-order valence-corrected chi connectivity index (χ0v) is 11.4. The fourth-order valence-corrected chi connectivity index (χ4v) is 1.68. The molecular weight excluding hydrogens is 308 g/mol. The first-order valence-corrected chi connectivity index (χ1v) is 6.12. The SMILES string of the molecule is O=[N+]([O-])c1ccc(N/N=C/c2ccc(O)c(O)c2)c([N+](=O)[O-])c1. The largest absolute Gasteiger partial charge is 0.504 e. The summed E-state index contributed by atoms with van der Waals surface area (Å²) in [6.45, 7) is 0. The smallest absolute Gasteiger partial charge is 0.301 e. The summed E-state index contributed by atoms with van der Waals surface area (Å²) in [7, 11) is 0. The molecule has 10 heteroatoms. The first-order chi connectivity index (χ1) is 10.9. The minimum Gasteiger partial charge on any atom is -0.504 e. The van der Waals surface area contributed by atoms with Gasteiger partial charge in [-0.2, -0.15) is 5.10 Å². The lowest BCUT2D eigenvalue weighted by Gasteiger charge is -2.02. The Labute approximate surface area is 128 Å². The van der Waals surface area contributed by atoms with Crippen LogP contribution in [0, 0.1) is 20.2 Å². The average Bonchev–Trinajstić information content (AvgIpc) is 2.50. The number of phenolic OH excluding ortho intramolecular Hbond substituents is 2. The second-order valence-corrected chi connectivity index (χ2v) is 4.33. The Morgan fingerprint density at radius 3 is 2.35 bits per heavy atom. The number of phenols is 2. The molecule has 2 rings (SSSR count). The highest BCUT2D eigenvalue weighted by molar-refractivity contribution is 5.81. The molecule has 3 N–H and O–H groups in total. The number of nitro groups is 2. The maximum absolute atomic E-state index is 10.9. The number of nitro benzene ring substituents is 2. The van der Waals surface area contributed by atoms with Gasteiger partial charge in [-0.25, -0.2) is 0 Å². The summed E-state index contributed by atoms with van der Waals surface area (Å²) < 4.78 is 0. The molecule has 0 saturated heterocycles. The number of aromatic hydroxyl groups is 2. The number of nitrogens with zero attached hydrogens (tertiary/aromatic N) is 3. The summed E-state index contributed by atoms with van der Waals surface area (Å²) in [4.78, 5) is 20.1. The fraction of sp³-hybridized carbons (Fsp3) is 0. The van der Waals surface area contributed by atoms with Gasteiger partial charge < -0.3 is 10.2 Å². The molecule has 0 heterocycles. The zero-order chi connectivity index (χ0) is 17.0. The van der Waals surface area contributed by atoms with Gasteiger partial charge in [0.15, 0.2) is 11.5 Å². The van der Waals surface area contributed by atoms with E-state index in [4.69, 9.17) is 0 Å². The lowest BCUT2D eigenvalue weighted by Crippen LogP contribution is -1.98. The standard InChI is InChI=1S/C13H10N4O6/c18-12-4-1-8(5-13(12)19)7-14-15-10-3-2-9(16(20)21)6-11(10)17(22)23/h1-7,15,18-19H/b14-7+. The summed E-state index contributed by atoms with van der Waals surface area (Å²) in [5, 5.41) is 43.8. The van der Waals surface area contributed by atoms with Gasteiger partial charge in [0.05, 0.1) is 22.1 Å². The van der Waals surface area contributed by atoms with E-state index in [1.807, 2.05) is 0 Å². The van der Waals surface area contributed by atoms with Gasteiger partial charge in [0.25, 0.3) is 5.69 Å². The minimum atomic E-state index is -0.767. The molecule has 0 radical (unpaired) electrons. The predicted molar refractivity (Wildman–Crippen MR) is 80.7 cm³/mol. The van der Waals surface area contributed by atoms with E-state index in [-0.39, 0.29) is 17.2 Å². The van der Waals surface area contributed by atoms with Crippen LogP contribution in [-0.4, -0.2) is 26.3 Å². The highest BCUT2D eigenvalue weighted by Gasteiger charge is 2.19. The van der Waals surface area contributed by atoms with E-state index in [2.05, 4.69) is 10.5 Å². The third-order valence-electron chi connectivity index (χ3n) is 2.79. The molecule has 0 amide bonds. The molecule has 23 heavy (non-hydrogen) atoms. The molecule has 0 saturated carbocycles. The van der Waals surface area contributed by atoms with Crippen molar-refractivity contribution in [2.75, 3.05) is 5.43 Å². The number of hydrazone groups is 1. The predicted octanol–water partition coefficient (Wildman–Crippen LogP) is 2.36. The van der Waals surface area contributed by atoms with Crippen molar-refractivity contribution >= 4 is 23.3 Å². The van der Waals surface area contributed by atoms with Crippen molar-refractivity contribution in [3.05, 3.63) is 62.2 Å². The van der Waals surface area contributed by atoms with Crippen LogP contribution in [0.25, 0.3) is 0 Å². The van der Waals surface area contributed by atoms with Crippen LogP contribution in [0.4, 0.5) is 17.1 Å². The molecule has 0 bridgehead atoms. The highest BCUT2D eigenvalue weighted by Crippen LogP contribution is 2.29. The summed E-state index contributed by atoms with van der Waals surface area (Å²) in [5.41, 5.74) is 1.90. The second kappa shape index (κ2) is 6.39. The molecule has 0 unspecified atom stereocenters. The number of non-ortho nitro benzene ring substituents is 1. The molecule has 0 aliphatic rings. The number of benzene rings is 2. The molecule has 0 spiro atoms. The van der Waals surface area contributed by atoms with Crippen LogP contribution in [0.2, 0.25) is 0 Å². The molecule has 2 aromatic rings. The van der Waals surface area contributed by atoms with Crippen LogP contribution in [0.3, 0.4) is 0 Å². The number of anilines is 1. The van der Waals surface area contributed by atoms with E-state index in [9.17, 15) is 30.4 Å². The normalized spacial score (nSPS) is 10.6. The van der Waals surface area contributed by atoms with Gasteiger partial charge in [-0.3, -0.25) is 25.7 Å². The van der Waals surface area contributed by atoms with Crippen molar-refractivity contribution < 1.29 is 20.1 Å². The van der Waals surface area contributed by atoms with E-state index in [0.29, 0.717) is 5.56 Å². The van der Waals surface area contributed by atoms with Gasteiger partial charge in [-0.05, 0) is 29.8 Å². The molecule has 0 aromatic heterocycles. The first kappa shape index (κ1) is 15.7. The van der Waals surface area contributed by atoms with Gasteiger partial charge >= 0.3 is 5.69 Å². The van der Waals surface area contributed by atoms with Crippen molar-refractivity contribution in [3.8, 4) is 11.5 Å². The molecule has 0 aliphatic carbocycles. The van der Waals surface area contributed by atoms with Crippen LogP contribution >= 0.6 is 0 Å². The number of nitrogens with one attached hydrogen (secondary N) is 1. The van der Waals surface area contributed by atoms with Crippen molar-refractivity contribution in [2.24, 2.45) is 5.10 Å². The van der Waals surface area contributed by atoms with E-state index in [0.717, 1.165) is 12.1 Å². The number of hydrogen-bond acceptors (Lipinski definition) is 8. The van der Waals surface area contributed by atoms with Crippen molar-refractivity contribution in [2.45, 2.75) is 0 Å². The van der Waals surface area contributed by atoms with Crippen molar-refractivity contribution in [3.63, 3.8) is 0 Å². The van der Waals surface area contributed by atoms with Gasteiger partial charge in [0, 0.05) is 6.07 Å². The molecule has 0 atom stereocenters. The molecule has 10 nitrogen and oxygen atoms in total. The maximum atomic E-state index is 10.9. The third-order valence-corrected chi connectivity index (χ3v) is 2.79. The first-order valence-electron chi connectivity index (χ1n) is 6.12. The van der Waals surface area contributed by atoms with E-state index in [1.165, 1.54) is 30.5 Å². The van der Waals surface area contributed by atoms with Crippen molar-refractivity contribution in [1.29, 1.82) is 0 Å². The monoisotopic (exact) mass is 318 g/mol. The van der Waals surface area contributed by atoms with E-state index >= 15 is 0 Å². The van der Waals surface area contributed by atoms with Crippen LogP contribution in [0.1, 0.15) is 5.56 Å². The van der Waals surface area contributed by atoms with Gasteiger partial charge in [0.2, 0.25) is 0 Å². The highest BCUT2D eigenvalue weighted by atomic mass is 16.6. The molecular formula is C13H10N4O6. The van der Waals surface area contributed by atoms with E-state index in [1.54, 1.807) is 0 Å². The summed E-state index contributed by atoms with van der Waals surface area (Å²) in [6.07, 6.45) is 1.25. The Bertz CT molecular complexity index is 805. The zero-order valence-electron chi connectivity index (χ0n) is 11.4. The van der Waals surface area contributed by atoms with E-state index < -0.39 is 21.2 Å². The lowest BCUT2D eigenvalue weighted by molar-refractivity contribution is -0.393. The summed E-state index contributed by atoms with van der Waals surface area (Å²) in [5.74, 6) is -0.628. The van der Waals surface area contributed by atoms with Crippen molar-refractivity contribution in [1.82, 2.24) is 0 Å². The Kier molecular flexibility index (Phi) is 4.36. The molecule has 0 aliphatic heterocycles. The molecule has 0 fully saturated rings. The van der Waals surface area contributed by atoms with Gasteiger partial charge in [0.1, 0.15) is 5.69 Å². The molecule has 2 aromatic carbocycles. The number of rotatable bonds is 5. The summed E-state index contributed by atoms with van der Waals surface area (Å²) in [6, 6.07) is 7.06. The topological polar surface area (TPSA) is 151 Å². The Morgan fingerprint density at radius 1 is 1.00 bits per heavy atom. The lowest BCUT2D eigenvalue weighted by atomic mass is 10.2. The Balaban J connectivity index is 2.22. The quantitative estimate of drug-likeness (QED) is 0.331. The average molecular weight is 318 g/mol. The Morgan fingerprint density at radius 2 is 1.74 bits per heavy atom. The van der Waals surface area contributed by atoms with Crippen LogP contribution in [-0.2, 0) is 0 Å².